The molecule has 2 aliphatic heterocycles. The van der Waals surface area contributed by atoms with Crippen LogP contribution in [0, 0.1) is 50.4 Å². The summed E-state index contributed by atoms with van der Waals surface area (Å²) in [6.07, 6.45) is 17.0. The number of nitrogens with zero attached hydrogens (tertiary/aromatic N) is 4. The number of aliphatic hydroxyl groups is 1. The van der Waals surface area contributed by atoms with Crippen LogP contribution in [0.4, 0.5) is 0 Å². The first-order valence-corrected chi connectivity index (χ1v) is 21.7. The first-order valence-electron chi connectivity index (χ1n) is 21.7. The van der Waals surface area contributed by atoms with E-state index >= 15 is 0 Å². The number of ether oxygens (including phenoxy) is 2. The van der Waals surface area contributed by atoms with E-state index < -0.39 is 12.2 Å². The number of methoxy groups -OCH3 is 1. The Morgan fingerprint density at radius 1 is 0.933 bits per heavy atom. The second-order valence-corrected chi connectivity index (χ2v) is 17.5. The van der Waals surface area contributed by atoms with Gasteiger partial charge in [-0.05, 0) is 88.7 Å². The fourth-order valence-electron chi connectivity index (χ4n) is 9.22. The Bertz CT molecular complexity index is 2300. The molecule has 0 radical (unpaired) electrons. The minimum atomic E-state index is -1.41. The van der Waals surface area contributed by atoms with Gasteiger partial charge in [-0.1, -0.05) is 125 Å². The predicted octanol–water partition coefficient (Wildman–Crippen LogP) is 8.35. The Morgan fingerprint density at radius 3 is 2.32 bits per heavy atom. The number of rotatable bonds is 17. The molecule has 3 aliphatic rings. The number of aromatic nitrogens is 3. The van der Waals surface area contributed by atoms with Crippen LogP contribution in [0.2, 0.25) is 0 Å². The first kappa shape index (κ1) is 47.2. The van der Waals surface area contributed by atoms with Crippen LogP contribution in [0.15, 0.2) is 29.6 Å². The Balaban J connectivity index is 0.00000683. The van der Waals surface area contributed by atoms with Crippen LogP contribution >= 0.6 is 0 Å². The topological polar surface area (TPSA) is 129 Å². The van der Waals surface area contributed by atoms with Crippen LogP contribution in [0.25, 0.3) is 35.2 Å². The minimum absolute atomic E-state index is 0. The van der Waals surface area contributed by atoms with E-state index in [-0.39, 0.29) is 59.7 Å². The van der Waals surface area contributed by atoms with Crippen LogP contribution in [-0.2, 0) is 20.7 Å². The summed E-state index contributed by atoms with van der Waals surface area (Å²) in [6, 6.07) is 0. The average Bonchev–Trinajstić information content (AvgIpc) is 3.94. The molecule has 6 rings (SSSR count). The van der Waals surface area contributed by atoms with E-state index in [4.69, 9.17) is 29.7 Å². The van der Waals surface area contributed by atoms with E-state index in [1.54, 1.807) is 0 Å². The molecule has 3 aromatic rings. The fourth-order valence-corrected chi connectivity index (χ4v) is 9.22. The third kappa shape index (κ3) is 9.77. The second kappa shape index (κ2) is 20.4. The molecule has 1 N–H and O–H groups in total. The quantitative estimate of drug-likeness (QED) is 0.0623. The second-order valence-electron chi connectivity index (χ2n) is 17.5. The molecule has 3 aromatic heterocycles. The first-order chi connectivity index (χ1) is 28.2. The van der Waals surface area contributed by atoms with Gasteiger partial charge in [-0.15, -0.1) is 33.5 Å². The Morgan fingerprint density at radius 2 is 1.63 bits per heavy atom. The molecule has 1 aliphatic carbocycles. The molecular formula is C50H64MgN4O5-2. The SMILES string of the molecule is C=Cc1c2[n-]c(c1C)/C=C1\[N-]/C(=C3\c4[n-]c(c(C)c4C(=O)[C@@H]3C(O)OC)/C=c3\[n-]/c(c(C)c3CC)=C\2)[C@@H](CCC(=O)OC/C=C(\C)CCC[C@H](C)CCCC(C)C)[C@@H]1C.[Mg+2]. The number of allylic oxidation sites excluding steroid dienone is 3. The van der Waals surface area contributed by atoms with Crippen LogP contribution in [0.1, 0.15) is 154 Å². The van der Waals surface area contributed by atoms with E-state index in [1.165, 1.54) is 38.4 Å². The molecule has 5 atom stereocenters. The fraction of sp³-hybridized carbons (Fsp3) is 0.520. The Kier molecular flexibility index (Phi) is 16.0. The number of carbonyl (C=O) groups is 2. The normalized spacial score (nSPS) is 22.6. The molecule has 0 aromatic carbocycles. The van der Waals surface area contributed by atoms with E-state index in [1.807, 2.05) is 44.2 Å². The molecule has 8 bridgehead atoms. The number of esters is 1. The molecule has 5 heterocycles. The third-order valence-corrected chi connectivity index (χ3v) is 13.0. The van der Waals surface area contributed by atoms with Crippen molar-refractivity contribution in [1.29, 1.82) is 0 Å². The van der Waals surface area contributed by atoms with E-state index in [2.05, 4.69) is 55.0 Å². The summed E-state index contributed by atoms with van der Waals surface area (Å²) in [7, 11) is 1.39. The number of carbonyl (C=O) groups excluding carboxylic acids is 2. The van der Waals surface area contributed by atoms with Gasteiger partial charge in [0.2, 0.25) is 0 Å². The number of aliphatic hydroxyl groups excluding tert-OH is 1. The van der Waals surface area contributed by atoms with Gasteiger partial charge in [0.25, 0.3) is 0 Å². The zero-order valence-corrected chi connectivity index (χ0v) is 39.1. The van der Waals surface area contributed by atoms with Crippen LogP contribution in [0.5, 0.6) is 0 Å². The van der Waals surface area contributed by atoms with Gasteiger partial charge in [-0.2, -0.15) is 11.4 Å². The molecule has 60 heavy (non-hydrogen) atoms. The summed E-state index contributed by atoms with van der Waals surface area (Å²) in [4.78, 5) is 43.0. The summed E-state index contributed by atoms with van der Waals surface area (Å²) in [5.74, 6) is -0.511. The molecular weight excluding hydrogens is 761 g/mol. The van der Waals surface area contributed by atoms with Gasteiger partial charge in [-0.25, -0.2) is 0 Å². The zero-order chi connectivity index (χ0) is 42.7. The molecule has 318 valence electrons. The average molecular weight is 825 g/mol. The van der Waals surface area contributed by atoms with Crippen LogP contribution in [-0.4, -0.2) is 59.9 Å². The summed E-state index contributed by atoms with van der Waals surface area (Å²) >= 11 is 0. The van der Waals surface area contributed by atoms with Crippen LogP contribution in [0.3, 0.4) is 0 Å². The largest absolute Gasteiger partial charge is 2.00 e. The number of Topliss-reactive ketones (excluding diaryl/α,β-unsaturated/α-hetero) is 1. The summed E-state index contributed by atoms with van der Waals surface area (Å²) in [5.41, 5.74) is 11.2. The Labute approximate surface area is 373 Å². The maximum absolute atomic E-state index is 14.4. The molecule has 9 nitrogen and oxygen atoms in total. The van der Waals surface area contributed by atoms with Crippen molar-refractivity contribution in [3.8, 4) is 0 Å². The van der Waals surface area contributed by atoms with Gasteiger partial charge in [-0.3, -0.25) is 9.59 Å². The molecule has 0 saturated carbocycles. The standard InChI is InChI=1S/C50H65N4O5.Mg/c1-12-34-30(7)37-24-39-32(9)36(20-21-43(55)59-23-22-29(6)19-15-18-28(5)17-14-16-27(3)4)47(53-39)45-46(50(57)58-11)49(56)44-33(10)40(54-48(44)45)26-42-35(13-2)31(8)38(52-42)25-41(34)51-37;/h12,22,24-28,32,36,46,50,57H,1,13-21,23H2,2-11H3,(H-,53,54,56);/q-3;+2/p-1/b29-22+,38-25-,39-24-,42-26-;/t28-,32+,36+,46-,50?;/m1./s1. The number of hydrogen-bond donors (Lipinski definition) is 1. The van der Waals surface area contributed by atoms with Gasteiger partial charge < -0.3 is 34.8 Å². The van der Waals surface area contributed by atoms with Crippen molar-refractivity contribution in [1.82, 2.24) is 15.0 Å². The number of hydrogen-bond acceptors (Lipinski definition) is 5. The van der Waals surface area contributed by atoms with Gasteiger partial charge >= 0.3 is 29.0 Å². The predicted molar refractivity (Wildman–Crippen MR) is 243 cm³/mol. The number of ketones is 1. The van der Waals surface area contributed by atoms with Gasteiger partial charge in [0.05, 0.1) is 5.92 Å². The van der Waals surface area contributed by atoms with E-state index in [9.17, 15) is 14.7 Å². The summed E-state index contributed by atoms with van der Waals surface area (Å²) < 4.78 is 11.2. The molecule has 0 amide bonds. The van der Waals surface area contributed by atoms with Crippen molar-refractivity contribution in [2.24, 2.45) is 29.6 Å². The van der Waals surface area contributed by atoms with Crippen molar-refractivity contribution in [2.75, 3.05) is 13.7 Å². The molecule has 0 spiro atoms. The van der Waals surface area contributed by atoms with Crippen LogP contribution < -0.4 is 25.7 Å². The molecule has 1 fully saturated rings. The number of fused-ring (bicyclic) bond motifs is 7. The van der Waals surface area contributed by atoms with Crippen molar-refractivity contribution >= 4 is 64.7 Å². The van der Waals surface area contributed by atoms with Gasteiger partial charge in [0.1, 0.15) is 6.61 Å². The van der Waals surface area contributed by atoms with Crippen molar-refractivity contribution in [3.05, 3.63) is 102 Å². The van der Waals surface area contributed by atoms with Gasteiger partial charge in [0, 0.05) is 19.1 Å². The third-order valence-electron chi connectivity index (χ3n) is 13.0. The van der Waals surface area contributed by atoms with Crippen molar-refractivity contribution in [3.63, 3.8) is 0 Å². The smallest absolute Gasteiger partial charge is 0.664 e. The zero-order valence-electron chi connectivity index (χ0n) is 37.7. The van der Waals surface area contributed by atoms with Gasteiger partial charge in [0.15, 0.2) is 12.1 Å². The maximum Gasteiger partial charge on any atom is 2.00 e. The van der Waals surface area contributed by atoms with E-state index in [0.717, 1.165) is 86.7 Å². The Hall–Kier alpha value is -3.83. The minimum Gasteiger partial charge on any atom is -0.664 e. The summed E-state index contributed by atoms with van der Waals surface area (Å²) in [5, 5.41) is 18.2. The van der Waals surface area contributed by atoms with Crippen molar-refractivity contribution in [2.45, 2.75) is 126 Å². The van der Waals surface area contributed by atoms with E-state index in [0.29, 0.717) is 34.6 Å². The monoisotopic (exact) mass is 824 g/mol. The van der Waals surface area contributed by atoms with Crippen molar-refractivity contribution < 1.29 is 24.2 Å². The molecule has 1 saturated heterocycles. The molecule has 1 unspecified atom stereocenters. The summed E-state index contributed by atoms with van der Waals surface area (Å²) in [6.45, 7) is 23.6. The molecule has 10 heteroatoms. The maximum atomic E-state index is 14.4.